The zero-order valence-corrected chi connectivity index (χ0v) is 15.6. The van der Waals surface area contributed by atoms with Gasteiger partial charge in [-0.05, 0) is 43.4 Å². The first-order valence-electron chi connectivity index (χ1n) is 9.37. The van der Waals surface area contributed by atoms with Crippen molar-refractivity contribution in [3.8, 4) is 11.5 Å². The van der Waals surface area contributed by atoms with E-state index in [1.807, 2.05) is 25.1 Å². The molecule has 1 aliphatic carbocycles. The van der Waals surface area contributed by atoms with Crippen LogP contribution in [0, 0.1) is 11.8 Å². The van der Waals surface area contributed by atoms with E-state index in [-0.39, 0.29) is 5.91 Å². The van der Waals surface area contributed by atoms with Crippen molar-refractivity contribution >= 4 is 11.9 Å². The molecule has 1 amide bonds. The molecule has 26 heavy (non-hydrogen) atoms. The second-order valence-corrected chi connectivity index (χ2v) is 6.71. The highest BCUT2D eigenvalue weighted by molar-refractivity contribution is 5.84. The third-order valence-corrected chi connectivity index (χ3v) is 4.82. The van der Waals surface area contributed by atoms with E-state index in [1.54, 1.807) is 7.11 Å². The molecule has 0 aliphatic heterocycles. The Labute approximate surface area is 154 Å². The van der Waals surface area contributed by atoms with Crippen molar-refractivity contribution in [3.05, 3.63) is 23.8 Å². The summed E-state index contributed by atoms with van der Waals surface area (Å²) in [6, 6.07) is 5.76. The number of nitrogens with one attached hydrogen (secondary N) is 1. The van der Waals surface area contributed by atoms with E-state index in [2.05, 4.69) is 5.32 Å². The predicted octanol–water partition coefficient (Wildman–Crippen LogP) is 3.03. The molecule has 6 nitrogen and oxygen atoms in total. The van der Waals surface area contributed by atoms with Gasteiger partial charge in [-0.15, -0.1) is 0 Å². The lowest BCUT2D eigenvalue weighted by Gasteiger charge is -2.27. The van der Waals surface area contributed by atoms with Crippen molar-refractivity contribution in [2.45, 2.75) is 45.4 Å². The lowest BCUT2D eigenvalue weighted by molar-refractivity contribution is -0.148. The van der Waals surface area contributed by atoms with Crippen LogP contribution >= 0.6 is 0 Å². The molecule has 0 radical (unpaired) electrons. The Hall–Kier alpha value is -2.24. The van der Waals surface area contributed by atoms with E-state index in [4.69, 9.17) is 9.47 Å². The highest BCUT2D eigenvalue weighted by atomic mass is 16.5. The average Bonchev–Trinajstić information content (AvgIpc) is 2.66. The minimum Gasteiger partial charge on any atom is -0.493 e. The van der Waals surface area contributed by atoms with Crippen LogP contribution in [0.25, 0.3) is 0 Å². The molecular weight excluding hydrogens is 334 g/mol. The van der Waals surface area contributed by atoms with Gasteiger partial charge in [-0.3, -0.25) is 9.59 Å². The molecule has 0 aromatic heterocycles. The second-order valence-electron chi connectivity index (χ2n) is 6.71. The van der Waals surface area contributed by atoms with Gasteiger partial charge in [-0.2, -0.15) is 0 Å². The van der Waals surface area contributed by atoms with Crippen LogP contribution in [0.3, 0.4) is 0 Å². The normalized spacial score (nSPS) is 19.6. The lowest BCUT2D eigenvalue weighted by Crippen LogP contribution is -2.40. The van der Waals surface area contributed by atoms with Crippen molar-refractivity contribution in [3.63, 3.8) is 0 Å². The highest BCUT2D eigenvalue weighted by Crippen LogP contribution is 2.31. The number of carboxylic acids is 1. The average molecular weight is 363 g/mol. The number of ether oxygens (including phenoxy) is 2. The summed E-state index contributed by atoms with van der Waals surface area (Å²) >= 11 is 0. The van der Waals surface area contributed by atoms with Crippen LogP contribution in [0.2, 0.25) is 0 Å². The van der Waals surface area contributed by atoms with Gasteiger partial charge in [0.25, 0.3) is 0 Å². The minimum absolute atomic E-state index is 0.146. The third kappa shape index (κ3) is 5.38. The molecule has 1 fully saturated rings. The fraction of sp³-hybridized carbons (Fsp3) is 0.600. The molecule has 0 heterocycles. The van der Waals surface area contributed by atoms with Gasteiger partial charge in [0.15, 0.2) is 11.5 Å². The van der Waals surface area contributed by atoms with Crippen molar-refractivity contribution in [1.82, 2.24) is 5.32 Å². The van der Waals surface area contributed by atoms with Gasteiger partial charge in [-0.1, -0.05) is 25.8 Å². The number of rotatable bonds is 9. The van der Waals surface area contributed by atoms with E-state index < -0.39 is 17.8 Å². The monoisotopic (exact) mass is 363 g/mol. The molecule has 0 bridgehead atoms. The van der Waals surface area contributed by atoms with Gasteiger partial charge in [0.1, 0.15) is 0 Å². The smallest absolute Gasteiger partial charge is 0.307 e. The summed E-state index contributed by atoms with van der Waals surface area (Å²) < 4.78 is 11.0. The Morgan fingerprint density at radius 3 is 2.58 bits per heavy atom. The van der Waals surface area contributed by atoms with E-state index in [9.17, 15) is 14.7 Å². The molecule has 144 valence electrons. The SMILES string of the molecule is CCCOc1ccc(CCNC(=O)C2CCCCC2C(=O)O)cc1OC. The summed E-state index contributed by atoms with van der Waals surface area (Å²) in [5.74, 6) is -0.585. The molecule has 1 aliphatic rings. The zero-order valence-electron chi connectivity index (χ0n) is 15.6. The number of hydrogen-bond acceptors (Lipinski definition) is 4. The Kier molecular flexibility index (Phi) is 7.75. The molecule has 0 spiro atoms. The number of methoxy groups -OCH3 is 1. The van der Waals surface area contributed by atoms with Gasteiger partial charge in [0.05, 0.1) is 25.6 Å². The molecule has 2 rings (SSSR count). The Bertz CT molecular complexity index is 616. The lowest BCUT2D eigenvalue weighted by atomic mass is 9.78. The first kappa shape index (κ1) is 20.1. The fourth-order valence-corrected chi connectivity index (χ4v) is 3.40. The summed E-state index contributed by atoms with van der Waals surface area (Å²) in [5, 5.41) is 12.2. The molecule has 0 saturated heterocycles. The number of carbonyl (C=O) groups is 2. The molecule has 1 aromatic rings. The number of aliphatic carboxylic acids is 1. The topological polar surface area (TPSA) is 84.9 Å². The maximum atomic E-state index is 12.4. The first-order chi connectivity index (χ1) is 12.6. The molecule has 2 unspecified atom stereocenters. The first-order valence-corrected chi connectivity index (χ1v) is 9.37. The Morgan fingerprint density at radius 1 is 1.19 bits per heavy atom. The summed E-state index contributed by atoms with van der Waals surface area (Å²) in [4.78, 5) is 23.7. The van der Waals surface area contributed by atoms with E-state index in [0.717, 1.165) is 24.8 Å². The van der Waals surface area contributed by atoms with Gasteiger partial charge >= 0.3 is 5.97 Å². The van der Waals surface area contributed by atoms with Crippen molar-refractivity contribution < 1.29 is 24.2 Å². The number of carboxylic acid groups (broad SMARTS) is 1. The summed E-state index contributed by atoms with van der Waals surface area (Å²) in [5.41, 5.74) is 1.03. The van der Waals surface area contributed by atoms with Crippen molar-refractivity contribution in [1.29, 1.82) is 0 Å². The standard InChI is InChI=1S/C20H29NO5/c1-3-12-26-17-9-8-14(13-18(17)25-2)10-11-21-19(22)15-6-4-5-7-16(15)20(23)24/h8-9,13,15-16H,3-7,10-12H2,1-2H3,(H,21,22)(H,23,24). The number of hydrogen-bond donors (Lipinski definition) is 2. The second kappa shape index (κ2) is 10.0. The quantitative estimate of drug-likeness (QED) is 0.704. The molecule has 2 atom stereocenters. The molecule has 6 heteroatoms. The van der Waals surface area contributed by atoms with Crippen LogP contribution in [-0.4, -0.2) is 37.2 Å². The van der Waals surface area contributed by atoms with E-state index in [0.29, 0.717) is 43.9 Å². The van der Waals surface area contributed by atoms with Crippen molar-refractivity contribution in [2.75, 3.05) is 20.3 Å². The van der Waals surface area contributed by atoms with Gasteiger partial charge in [0.2, 0.25) is 5.91 Å². The molecular formula is C20H29NO5. The summed E-state index contributed by atoms with van der Waals surface area (Å²) in [6.07, 6.45) is 4.62. The molecule has 1 aromatic carbocycles. The van der Waals surface area contributed by atoms with Crippen LogP contribution in [-0.2, 0) is 16.0 Å². The van der Waals surface area contributed by atoms with Crippen LogP contribution in [0.1, 0.15) is 44.6 Å². The van der Waals surface area contributed by atoms with Gasteiger partial charge in [-0.25, -0.2) is 0 Å². The molecule has 2 N–H and O–H groups in total. The van der Waals surface area contributed by atoms with Crippen LogP contribution in [0.5, 0.6) is 11.5 Å². The van der Waals surface area contributed by atoms with Crippen LogP contribution in [0.4, 0.5) is 0 Å². The third-order valence-electron chi connectivity index (χ3n) is 4.82. The highest BCUT2D eigenvalue weighted by Gasteiger charge is 2.35. The molecule has 1 saturated carbocycles. The number of carbonyl (C=O) groups excluding carboxylic acids is 1. The van der Waals surface area contributed by atoms with Crippen LogP contribution in [0.15, 0.2) is 18.2 Å². The van der Waals surface area contributed by atoms with Crippen molar-refractivity contribution in [2.24, 2.45) is 11.8 Å². The summed E-state index contributed by atoms with van der Waals surface area (Å²) in [6.45, 7) is 3.16. The van der Waals surface area contributed by atoms with E-state index in [1.165, 1.54) is 0 Å². The zero-order chi connectivity index (χ0) is 18.9. The predicted molar refractivity (Wildman–Crippen MR) is 98.6 cm³/mol. The maximum Gasteiger partial charge on any atom is 0.307 e. The Balaban J connectivity index is 1.88. The number of amides is 1. The largest absolute Gasteiger partial charge is 0.493 e. The van der Waals surface area contributed by atoms with E-state index >= 15 is 0 Å². The summed E-state index contributed by atoms with van der Waals surface area (Å²) in [7, 11) is 1.61. The number of benzene rings is 1. The fourth-order valence-electron chi connectivity index (χ4n) is 3.40. The van der Waals surface area contributed by atoms with Crippen LogP contribution < -0.4 is 14.8 Å². The maximum absolute atomic E-state index is 12.4. The van der Waals surface area contributed by atoms with Gasteiger partial charge in [0, 0.05) is 6.54 Å². The minimum atomic E-state index is -0.864. The van der Waals surface area contributed by atoms with Gasteiger partial charge < -0.3 is 19.9 Å². The Morgan fingerprint density at radius 2 is 1.92 bits per heavy atom.